The second-order valence-corrected chi connectivity index (χ2v) is 5.86. The van der Waals surface area contributed by atoms with Crippen molar-refractivity contribution in [3.8, 4) is 0 Å². The summed E-state index contributed by atoms with van der Waals surface area (Å²) in [5, 5.41) is 2.60. The molecule has 0 radical (unpaired) electrons. The maximum Gasteiger partial charge on any atom is 0.0350 e. The molecule has 1 atom stereocenters. The first-order valence-corrected chi connectivity index (χ1v) is 6.15. The van der Waals surface area contributed by atoms with Crippen molar-refractivity contribution < 1.29 is 0 Å². The molecule has 0 saturated heterocycles. The molecule has 17 heavy (non-hydrogen) atoms. The molecule has 1 heteroatoms. The minimum atomic E-state index is 0.0630. The average Bonchev–Trinajstić information content (AvgIpc) is 2.28. The van der Waals surface area contributed by atoms with Crippen LogP contribution in [0.25, 0.3) is 10.8 Å². The maximum absolute atomic E-state index is 6.39. The van der Waals surface area contributed by atoms with Crippen LogP contribution in [0.3, 0.4) is 0 Å². The SMILES string of the molecule is Cc1ccc([C@@H](N)C(C)(C)C)c2ccccc12. The number of hydrogen-bond donors (Lipinski definition) is 1. The Morgan fingerprint density at radius 3 is 2.12 bits per heavy atom. The molecule has 0 aliphatic heterocycles. The fourth-order valence-electron chi connectivity index (χ4n) is 2.21. The largest absolute Gasteiger partial charge is 0.323 e. The van der Waals surface area contributed by atoms with Gasteiger partial charge in [0.15, 0.2) is 0 Å². The van der Waals surface area contributed by atoms with Crippen LogP contribution in [0.2, 0.25) is 0 Å². The van der Waals surface area contributed by atoms with E-state index in [0.29, 0.717) is 0 Å². The first kappa shape index (κ1) is 12.1. The molecule has 1 nitrogen and oxygen atoms in total. The van der Waals surface area contributed by atoms with Gasteiger partial charge in [0.05, 0.1) is 0 Å². The van der Waals surface area contributed by atoms with Crippen LogP contribution in [0.15, 0.2) is 36.4 Å². The Labute approximate surface area is 104 Å². The number of fused-ring (bicyclic) bond motifs is 1. The Morgan fingerprint density at radius 1 is 0.941 bits per heavy atom. The lowest BCUT2D eigenvalue weighted by molar-refractivity contribution is 0.328. The Bertz CT molecular complexity index is 535. The first-order valence-electron chi connectivity index (χ1n) is 6.15. The van der Waals surface area contributed by atoms with E-state index in [4.69, 9.17) is 5.73 Å². The third kappa shape index (κ3) is 2.20. The predicted molar refractivity (Wildman–Crippen MR) is 75.1 cm³/mol. The monoisotopic (exact) mass is 227 g/mol. The molecule has 0 saturated carbocycles. The number of aryl methyl sites for hydroxylation is 1. The van der Waals surface area contributed by atoms with E-state index >= 15 is 0 Å². The second kappa shape index (κ2) is 4.15. The zero-order valence-corrected chi connectivity index (χ0v) is 11.1. The standard InChI is InChI=1S/C16H21N/c1-11-9-10-14(15(17)16(2,3)4)13-8-6-5-7-12(11)13/h5-10,15H,17H2,1-4H3/t15-/m1/s1. The quantitative estimate of drug-likeness (QED) is 0.776. The van der Waals surface area contributed by atoms with E-state index in [1.165, 1.54) is 21.9 Å². The van der Waals surface area contributed by atoms with E-state index in [1.54, 1.807) is 0 Å². The first-order chi connectivity index (χ1) is 7.91. The van der Waals surface area contributed by atoms with Crippen LogP contribution in [-0.2, 0) is 0 Å². The van der Waals surface area contributed by atoms with Crippen molar-refractivity contribution >= 4 is 10.8 Å². The van der Waals surface area contributed by atoms with Gasteiger partial charge in [0.2, 0.25) is 0 Å². The van der Waals surface area contributed by atoms with Crippen molar-refractivity contribution in [1.29, 1.82) is 0 Å². The molecule has 0 spiro atoms. The molecule has 0 heterocycles. The summed E-state index contributed by atoms with van der Waals surface area (Å²) in [6.45, 7) is 8.71. The normalized spacial score (nSPS) is 13.9. The molecule has 0 aliphatic rings. The molecular weight excluding hydrogens is 206 g/mol. The Morgan fingerprint density at radius 2 is 1.53 bits per heavy atom. The number of nitrogens with two attached hydrogens (primary N) is 1. The molecule has 0 unspecified atom stereocenters. The third-order valence-electron chi connectivity index (χ3n) is 3.44. The Hall–Kier alpha value is -1.34. The molecule has 0 amide bonds. The van der Waals surface area contributed by atoms with Crippen LogP contribution in [-0.4, -0.2) is 0 Å². The predicted octanol–water partition coefficient (Wildman–Crippen LogP) is 4.19. The van der Waals surface area contributed by atoms with E-state index in [0.717, 1.165) is 0 Å². The average molecular weight is 227 g/mol. The molecule has 2 N–H and O–H groups in total. The molecule has 0 fully saturated rings. The van der Waals surface area contributed by atoms with Crippen LogP contribution in [0.5, 0.6) is 0 Å². The highest BCUT2D eigenvalue weighted by atomic mass is 14.7. The van der Waals surface area contributed by atoms with E-state index in [1.807, 2.05) is 0 Å². The summed E-state index contributed by atoms with van der Waals surface area (Å²) in [7, 11) is 0. The minimum absolute atomic E-state index is 0.0630. The summed E-state index contributed by atoms with van der Waals surface area (Å²) in [5.74, 6) is 0. The van der Waals surface area contributed by atoms with Crippen molar-refractivity contribution in [3.05, 3.63) is 47.5 Å². The van der Waals surface area contributed by atoms with Gasteiger partial charge in [-0.1, -0.05) is 57.2 Å². The van der Waals surface area contributed by atoms with Gasteiger partial charge < -0.3 is 5.73 Å². The van der Waals surface area contributed by atoms with Crippen molar-refractivity contribution in [1.82, 2.24) is 0 Å². The zero-order chi connectivity index (χ0) is 12.6. The van der Waals surface area contributed by atoms with Gasteiger partial charge in [-0.15, -0.1) is 0 Å². The van der Waals surface area contributed by atoms with Crippen LogP contribution in [0.4, 0.5) is 0 Å². The van der Waals surface area contributed by atoms with Gasteiger partial charge in [-0.05, 0) is 34.2 Å². The highest BCUT2D eigenvalue weighted by Crippen LogP contribution is 2.35. The van der Waals surface area contributed by atoms with Crippen molar-refractivity contribution in [2.75, 3.05) is 0 Å². The highest BCUT2D eigenvalue weighted by Gasteiger charge is 2.23. The summed E-state index contributed by atoms with van der Waals surface area (Å²) < 4.78 is 0. The van der Waals surface area contributed by atoms with Gasteiger partial charge in [0, 0.05) is 6.04 Å². The lowest BCUT2D eigenvalue weighted by Crippen LogP contribution is -2.26. The topological polar surface area (TPSA) is 26.0 Å². The summed E-state index contributed by atoms with van der Waals surface area (Å²) in [5.41, 5.74) is 9.03. The van der Waals surface area contributed by atoms with Gasteiger partial charge >= 0.3 is 0 Å². The van der Waals surface area contributed by atoms with Gasteiger partial charge in [-0.3, -0.25) is 0 Å². The lowest BCUT2D eigenvalue weighted by atomic mass is 9.81. The zero-order valence-electron chi connectivity index (χ0n) is 11.1. The number of rotatable bonds is 1. The molecule has 2 rings (SSSR count). The smallest absolute Gasteiger partial charge is 0.0350 e. The Balaban J connectivity index is 2.67. The third-order valence-corrected chi connectivity index (χ3v) is 3.44. The van der Waals surface area contributed by atoms with Gasteiger partial charge in [-0.25, -0.2) is 0 Å². The van der Waals surface area contributed by atoms with Crippen LogP contribution in [0, 0.1) is 12.3 Å². The van der Waals surface area contributed by atoms with Gasteiger partial charge in [0.1, 0.15) is 0 Å². The van der Waals surface area contributed by atoms with Gasteiger partial charge in [-0.2, -0.15) is 0 Å². The Kier molecular flexibility index (Phi) is 2.96. The minimum Gasteiger partial charge on any atom is -0.323 e. The summed E-state index contributed by atoms with van der Waals surface area (Å²) in [4.78, 5) is 0. The fourth-order valence-corrected chi connectivity index (χ4v) is 2.21. The van der Waals surface area contributed by atoms with E-state index in [2.05, 4.69) is 64.1 Å². The maximum atomic E-state index is 6.39. The number of hydrogen-bond acceptors (Lipinski definition) is 1. The molecule has 2 aromatic carbocycles. The van der Waals surface area contributed by atoms with Crippen LogP contribution < -0.4 is 5.73 Å². The molecule has 0 aliphatic carbocycles. The van der Waals surface area contributed by atoms with Crippen molar-refractivity contribution in [2.45, 2.75) is 33.7 Å². The fraction of sp³-hybridized carbons (Fsp3) is 0.375. The summed E-state index contributed by atoms with van der Waals surface area (Å²) in [6, 6.07) is 12.9. The molecule has 90 valence electrons. The molecular formula is C16H21N. The van der Waals surface area contributed by atoms with E-state index in [-0.39, 0.29) is 11.5 Å². The highest BCUT2D eigenvalue weighted by molar-refractivity contribution is 5.89. The summed E-state index contributed by atoms with van der Waals surface area (Å²) in [6.07, 6.45) is 0. The van der Waals surface area contributed by atoms with Gasteiger partial charge in [0.25, 0.3) is 0 Å². The molecule has 0 bridgehead atoms. The van der Waals surface area contributed by atoms with Crippen molar-refractivity contribution in [3.63, 3.8) is 0 Å². The molecule has 2 aromatic rings. The van der Waals surface area contributed by atoms with E-state index in [9.17, 15) is 0 Å². The number of benzene rings is 2. The van der Waals surface area contributed by atoms with Crippen molar-refractivity contribution in [2.24, 2.45) is 11.1 Å². The lowest BCUT2D eigenvalue weighted by Gasteiger charge is -2.28. The molecule has 0 aromatic heterocycles. The van der Waals surface area contributed by atoms with Crippen LogP contribution in [0.1, 0.15) is 37.9 Å². The second-order valence-electron chi connectivity index (χ2n) is 5.86. The summed E-state index contributed by atoms with van der Waals surface area (Å²) >= 11 is 0. The van der Waals surface area contributed by atoms with Crippen LogP contribution >= 0.6 is 0 Å². The van der Waals surface area contributed by atoms with E-state index < -0.39 is 0 Å².